The van der Waals surface area contributed by atoms with Crippen molar-refractivity contribution in [2.24, 2.45) is 5.73 Å². The molecule has 0 aliphatic rings. The predicted molar refractivity (Wildman–Crippen MR) is 64.8 cm³/mol. The van der Waals surface area contributed by atoms with Crippen LogP contribution in [0.5, 0.6) is 0 Å². The molecule has 0 fully saturated rings. The number of nitrogens with zero attached hydrogens (tertiary/aromatic N) is 3. The Labute approximate surface area is 100 Å². The molecule has 1 rings (SSSR count). The summed E-state index contributed by atoms with van der Waals surface area (Å²) in [5.41, 5.74) is 6.52. The fourth-order valence-corrected chi connectivity index (χ4v) is 1.47. The van der Waals surface area contributed by atoms with E-state index in [0.29, 0.717) is 12.1 Å². The van der Waals surface area contributed by atoms with Gasteiger partial charge in [-0.2, -0.15) is 15.5 Å². The first kappa shape index (κ1) is 12.9. The number of rotatable bonds is 4. The summed E-state index contributed by atoms with van der Waals surface area (Å²) in [5, 5.41) is 18.6. The Kier molecular flexibility index (Phi) is 4.26. The number of nitriles is 1. The number of pyridine rings is 1. The molecular formula is C10H15N4OS+. The Balaban J connectivity index is 3.08. The molecule has 86 valence electrons. The van der Waals surface area contributed by atoms with Crippen molar-refractivity contribution in [2.75, 3.05) is 13.6 Å². The van der Waals surface area contributed by atoms with E-state index in [2.05, 4.69) is 17.8 Å². The second-order valence-corrected chi connectivity index (χ2v) is 4.37. The van der Waals surface area contributed by atoms with Crippen molar-refractivity contribution in [3.8, 4) is 6.07 Å². The zero-order valence-corrected chi connectivity index (χ0v) is 9.98. The molecule has 0 amide bonds. The monoisotopic (exact) mass is 239 g/mol. The van der Waals surface area contributed by atoms with Crippen LogP contribution in [-0.4, -0.2) is 23.8 Å². The van der Waals surface area contributed by atoms with Gasteiger partial charge in [0.1, 0.15) is 31.5 Å². The Bertz CT molecular complexity index is 408. The van der Waals surface area contributed by atoms with Crippen LogP contribution in [0.2, 0.25) is 0 Å². The highest BCUT2D eigenvalue weighted by atomic mass is 32.1. The van der Waals surface area contributed by atoms with Crippen molar-refractivity contribution in [3.63, 3.8) is 0 Å². The Morgan fingerprint density at radius 1 is 1.62 bits per heavy atom. The summed E-state index contributed by atoms with van der Waals surface area (Å²) in [5.74, 6) is 0.236. The third-order valence-electron chi connectivity index (χ3n) is 2.09. The molecule has 1 aromatic rings. The molecule has 1 aromatic heterocycles. The van der Waals surface area contributed by atoms with E-state index in [4.69, 9.17) is 11.0 Å². The molecular weight excluding hydrogens is 224 g/mol. The molecule has 1 atom stereocenters. The lowest BCUT2D eigenvalue weighted by molar-refractivity contribution is 0.0502. The second-order valence-electron chi connectivity index (χ2n) is 3.59. The Hall–Kier alpha value is -1.13. The average molecular weight is 239 g/mol. The van der Waals surface area contributed by atoms with Crippen LogP contribution in [0.15, 0.2) is 12.1 Å². The smallest absolute Gasteiger partial charge is 0.290 e. The summed E-state index contributed by atoms with van der Waals surface area (Å²) in [7, 11) is 1.43. The van der Waals surface area contributed by atoms with Crippen LogP contribution in [-0.2, 0) is 6.42 Å². The maximum absolute atomic E-state index is 9.71. The fraction of sp³-hybridized carbons (Fsp3) is 0.400. The molecule has 0 bridgehead atoms. The first-order valence-electron chi connectivity index (χ1n) is 4.91. The molecule has 0 aliphatic heterocycles. The lowest BCUT2D eigenvalue weighted by Crippen LogP contribution is -2.31. The van der Waals surface area contributed by atoms with Crippen molar-refractivity contribution in [1.29, 1.82) is 5.26 Å². The molecule has 1 unspecified atom stereocenters. The van der Waals surface area contributed by atoms with E-state index in [9.17, 15) is 5.21 Å². The van der Waals surface area contributed by atoms with E-state index in [-0.39, 0.29) is 5.82 Å². The van der Waals surface area contributed by atoms with E-state index in [1.807, 2.05) is 6.07 Å². The van der Waals surface area contributed by atoms with Gasteiger partial charge in [-0.3, -0.25) is 0 Å². The van der Waals surface area contributed by atoms with Crippen LogP contribution >= 0.6 is 12.8 Å². The van der Waals surface area contributed by atoms with E-state index >= 15 is 0 Å². The second kappa shape index (κ2) is 5.27. The molecule has 3 N–H and O–H groups in total. The molecule has 0 radical (unpaired) electrons. The molecule has 0 saturated carbocycles. The minimum absolute atomic E-state index is 0.236. The van der Waals surface area contributed by atoms with Gasteiger partial charge in [-0.15, -0.1) is 0 Å². The predicted octanol–water partition coefficient (Wildman–Crippen LogP) is 1.02. The zero-order chi connectivity index (χ0) is 12.2. The van der Waals surface area contributed by atoms with Gasteiger partial charge >= 0.3 is 0 Å². The summed E-state index contributed by atoms with van der Waals surface area (Å²) >= 11 is 3.96. The van der Waals surface area contributed by atoms with Gasteiger partial charge in [0.05, 0.1) is 0 Å². The fourth-order valence-electron chi connectivity index (χ4n) is 1.32. The molecule has 6 heteroatoms. The summed E-state index contributed by atoms with van der Waals surface area (Å²) in [6, 6.07) is 5.37. The van der Waals surface area contributed by atoms with Crippen molar-refractivity contribution in [1.82, 2.24) is 9.04 Å². The van der Waals surface area contributed by atoms with Gasteiger partial charge in [0, 0.05) is 5.69 Å². The Morgan fingerprint density at radius 2 is 2.31 bits per heavy atom. The highest BCUT2D eigenvalue weighted by Gasteiger charge is 2.25. The number of thiol groups is 1. The highest BCUT2D eigenvalue weighted by molar-refractivity contribution is 7.79. The average Bonchev–Trinajstić information content (AvgIpc) is 2.24. The maximum Gasteiger partial charge on any atom is 0.290 e. The molecule has 0 aromatic carbocycles. The number of hydroxylamine groups is 1. The third-order valence-corrected chi connectivity index (χ3v) is 2.28. The normalized spacial score (nSPS) is 14.2. The van der Waals surface area contributed by atoms with Crippen molar-refractivity contribution in [2.45, 2.75) is 12.8 Å². The lowest BCUT2D eigenvalue weighted by atomic mass is 10.2. The summed E-state index contributed by atoms with van der Waals surface area (Å²) < 4.78 is -0.751. The number of aryl methyl sites for hydroxylation is 1. The van der Waals surface area contributed by atoms with Crippen LogP contribution in [0.1, 0.15) is 17.7 Å². The third kappa shape index (κ3) is 3.18. The number of nitrogens with two attached hydrogens (primary N) is 1. The maximum atomic E-state index is 9.71. The number of quaternary nitrogens is 1. The minimum Gasteiger partial charge on any atom is -0.330 e. The molecule has 16 heavy (non-hydrogen) atoms. The molecule has 0 saturated heterocycles. The van der Waals surface area contributed by atoms with Crippen LogP contribution < -0.4 is 9.79 Å². The summed E-state index contributed by atoms with van der Waals surface area (Å²) in [6.45, 7) is 0.586. The molecule has 0 spiro atoms. The van der Waals surface area contributed by atoms with Gasteiger partial charge in [-0.1, -0.05) is 4.05 Å². The quantitative estimate of drug-likeness (QED) is 0.416. The van der Waals surface area contributed by atoms with Gasteiger partial charge in [0.2, 0.25) is 0 Å². The minimum atomic E-state index is -0.751. The zero-order valence-electron chi connectivity index (χ0n) is 9.09. The van der Waals surface area contributed by atoms with Crippen molar-refractivity contribution < 1.29 is 5.21 Å². The van der Waals surface area contributed by atoms with Gasteiger partial charge < -0.3 is 5.73 Å². The summed E-state index contributed by atoms with van der Waals surface area (Å²) in [4.78, 5) is 4.22. The van der Waals surface area contributed by atoms with Crippen LogP contribution in [0.3, 0.4) is 0 Å². The standard InChI is InChI=1S/C10H15N4OS/c1-14(15,16)10-8(7-12)4-5-9(13-10)3-2-6-11/h4-5,15-16H,2-3,6,11H2,1H3/q+1. The van der Waals surface area contributed by atoms with Crippen LogP contribution in [0.25, 0.3) is 0 Å². The van der Waals surface area contributed by atoms with Crippen molar-refractivity contribution >= 4 is 18.6 Å². The SMILES string of the molecule is C[N+](O)(S)c1nc(CCCN)ccc1C#N. The van der Waals surface area contributed by atoms with Gasteiger partial charge in [-0.05, 0) is 31.5 Å². The van der Waals surface area contributed by atoms with Gasteiger partial charge in [-0.25, -0.2) is 0 Å². The van der Waals surface area contributed by atoms with E-state index < -0.39 is 4.05 Å². The molecule has 5 nitrogen and oxygen atoms in total. The first-order chi connectivity index (χ1) is 7.49. The topological polar surface area (TPSA) is 82.9 Å². The largest absolute Gasteiger partial charge is 0.330 e. The van der Waals surface area contributed by atoms with Gasteiger partial charge in [0.15, 0.2) is 0 Å². The highest BCUT2D eigenvalue weighted by Crippen LogP contribution is 2.23. The number of aromatic nitrogens is 1. The van der Waals surface area contributed by atoms with E-state index in [1.165, 1.54) is 7.05 Å². The molecule has 1 heterocycles. The Morgan fingerprint density at radius 3 is 2.81 bits per heavy atom. The van der Waals surface area contributed by atoms with E-state index in [0.717, 1.165) is 18.5 Å². The number of hydrogen-bond donors (Lipinski definition) is 3. The lowest BCUT2D eigenvalue weighted by Gasteiger charge is -2.16. The van der Waals surface area contributed by atoms with Crippen molar-refractivity contribution in [3.05, 3.63) is 23.4 Å². The van der Waals surface area contributed by atoms with Gasteiger partial charge in [0.25, 0.3) is 5.82 Å². The van der Waals surface area contributed by atoms with Crippen LogP contribution in [0, 0.1) is 11.3 Å². The summed E-state index contributed by atoms with van der Waals surface area (Å²) in [6.07, 6.45) is 1.54. The number of hydrogen-bond acceptors (Lipinski definition) is 5. The molecule has 0 aliphatic carbocycles. The van der Waals surface area contributed by atoms with Crippen LogP contribution in [0.4, 0.5) is 5.82 Å². The first-order valence-corrected chi connectivity index (χ1v) is 5.31. The van der Waals surface area contributed by atoms with E-state index in [1.54, 1.807) is 12.1 Å².